The minimum Gasteiger partial charge on any atom is -0.394 e. The Morgan fingerprint density at radius 2 is 2.07 bits per heavy atom. The van der Waals surface area contributed by atoms with E-state index in [9.17, 15) is 5.11 Å². The van der Waals surface area contributed by atoms with Crippen LogP contribution in [0.1, 0.15) is 25.7 Å². The summed E-state index contributed by atoms with van der Waals surface area (Å²) in [6, 6.07) is 0. The number of hydrogen-bond donors (Lipinski definition) is 2. The summed E-state index contributed by atoms with van der Waals surface area (Å²) >= 11 is 0. The maximum Gasteiger partial charge on any atom is 0.0700 e. The Morgan fingerprint density at radius 1 is 1.27 bits per heavy atom. The average Bonchev–Trinajstić information content (AvgIpc) is 2.20. The summed E-state index contributed by atoms with van der Waals surface area (Å²) in [6.45, 7) is 3.28. The van der Waals surface area contributed by atoms with E-state index < -0.39 is 0 Å². The summed E-state index contributed by atoms with van der Waals surface area (Å²) in [7, 11) is 1.67. The fraction of sp³-hybridized carbons (Fsp3) is 1.00. The molecule has 0 amide bonds. The van der Waals surface area contributed by atoms with Crippen LogP contribution in [0.4, 0.5) is 0 Å². The van der Waals surface area contributed by atoms with Gasteiger partial charge < -0.3 is 19.9 Å². The highest BCUT2D eigenvalue weighted by Crippen LogP contribution is 2.30. The van der Waals surface area contributed by atoms with E-state index in [2.05, 4.69) is 5.32 Å². The van der Waals surface area contributed by atoms with Gasteiger partial charge in [-0.2, -0.15) is 0 Å². The maximum atomic E-state index is 9.20. The molecule has 15 heavy (non-hydrogen) atoms. The van der Waals surface area contributed by atoms with Crippen molar-refractivity contribution in [3.05, 3.63) is 0 Å². The third-order valence-corrected chi connectivity index (χ3v) is 3.01. The van der Waals surface area contributed by atoms with Crippen molar-refractivity contribution >= 4 is 0 Å². The normalized spacial score (nSPS) is 18.8. The number of aliphatic hydroxyl groups excluding tert-OH is 1. The van der Waals surface area contributed by atoms with Crippen LogP contribution in [0.3, 0.4) is 0 Å². The molecule has 1 saturated carbocycles. The SMILES string of the molecule is COCCOCCCNC1(CO)CCC1. The van der Waals surface area contributed by atoms with E-state index in [-0.39, 0.29) is 12.1 Å². The zero-order valence-corrected chi connectivity index (χ0v) is 9.63. The lowest BCUT2D eigenvalue weighted by molar-refractivity contribution is 0.0615. The van der Waals surface area contributed by atoms with Crippen LogP contribution in [0.2, 0.25) is 0 Å². The van der Waals surface area contributed by atoms with Gasteiger partial charge in [-0.05, 0) is 32.2 Å². The lowest BCUT2D eigenvalue weighted by Crippen LogP contribution is -2.54. The molecule has 1 aliphatic rings. The monoisotopic (exact) mass is 217 g/mol. The van der Waals surface area contributed by atoms with Gasteiger partial charge in [-0.3, -0.25) is 0 Å². The average molecular weight is 217 g/mol. The third kappa shape index (κ3) is 4.47. The second kappa shape index (κ2) is 7.17. The Bertz CT molecular complexity index is 154. The molecule has 4 nitrogen and oxygen atoms in total. The van der Waals surface area contributed by atoms with Crippen molar-refractivity contribution < 1.29 is 14.6 Å². The first kappa shape index (κ1) is 12.9. The fourth-order valence-electron chi connectivity index (χ4n) is 1.77. The van der Waals surface area contributed by atoms with E-state index >= 15 is 0 Å². The molecule has 2 N–H and O–H groups in total. The molecular formula is C11H23NO3. The van der Waals surface area contributed by atoms with Gasteiger partial charge >= 0.3 is 0 Å². The molecule has 0 aliphatic heterocycles. The molecule has 1 fully saturated rings. The molecule has 0 aromatic carbocycles. The maximum absolute atomic E-state index is 9.20. The van der Waals surface area contributed by atoms with Crippen LogP contribution in [0.25, 0.3) is 0 Å². The molecule has 0 saturated heterocycles. The van der Waals surface area contributed by atoms with Crippen LogP contribution in [0, 0.1) is 0 Å². The van der Waals surface area contributed by atoms with Crippen molar-refractivity contribution in [1.29, 1.82) is 0 Å². The predicted molar refractivity (Wildman–Crippen MR) is 59.0 cm³/mol. The number of methoxy groups -OCH3 is 1. The molecule has 0 unspecified atom stereocenters. The summed E-state index contributed by atoms with van der Waals surface area (Å²) in [5.41, 5.74) is 0.0343. The van der Waals surface area contributed by atoms with Gasteiger partial charge in [0.25, 0.3) is 0 Å². The van der Waals surface area contributed by atoms with Crippen molar-refractivity contribution in [1.82, 2.24) is 5.32 Å². The number of ether oxygens (including phenoxy) is 2. The zero-order valence-electron chi connectivity index (χ0n) is 9.63. The molecule has 0 atom stereocenters. The van der Waals surface area contributed by atoms with E-state index in [0.29, 0.717) is 13.2 Å². The lowest BCUT2D eigenvalue weighted by Gasteiger charge is -2.41. The molecule has 0 aromatic heterocycles. The Labute approximate surface area is 92.0 Å². The van der Waals surface area contributed by atoms with Crippen LogP contribution in [0.15, 0.2) is 0 Å². The highest BCUT2D eigenvalue weighted by Gasteiger charge is 2.35. The van der Waals surface area contributed by atoms with Crippen LogP contribution < -0.4 is 5.32 Å². The minimum atomic E-state index is 0.0343. The molecule has 0 bridgehead atoms. The summed E-state index contributed by atoms with van der Waals surface area (Å²) < 4.78 is 10.2. The number of nitrogens with one attached hydrogen (secondary N) is 1. The second-order valence-corrected chi connectivity index (χ2v) is 4.18. The van der Waals surface area contributed by atoms with E-state index in [1.807, 2.05) is 0 Å². The van der Waals surface area contributed by atoms with Gasteiger partial charge in [0, 0.05) is 19.3 Å². The zero-order chi connectivity index (χ0) is 11.0. The first-order chi connectivity index (χ1) is 7.33. The van der Waals surface area contributed by atoms with Crippen molar-refractivity contribution in [3.63, 3.8) is 0 Å². The van der Waals surface area contributed by atoms with E-state index in [1.165, 1.54) is 6.42 Å². The third-order valence-electron chi connectivity index (χ3n) is 3.01. The van der Waals surface area contributed by atoms with Gasteiger partial charge in [-0.25, -0.2) is 0 Å². The molecular weight excluding hydrogens is 194 g/mol. The van der Waals surface area contributed by atoms with Crippen LogP contribution >= 0.6 is 0 Å². The Balaban J connectivity index is 1.88. The van der Waals surface area contributed by atoms with Crippen molar-refractivity contribution in [2.75, 3.05) is 40.1 Å². The molecule has 1 rings (SSSR count). The predicted octanol–water partition coefficient (Wildman–Crippen LogP) is 0.544. The summed E-state index contributed by atoms with van der Waals surface area (Å²) in [5.74, 6) is 0. The number of aliphatic hydroxyl groups is 1. The van der Waals surface area contributed by atoms with Crippen molar-refractivity contribution in [3.8, 4) is 0 Å². The van der Waals surface area contributed by atoms with Crippen molar-refractivity contribution in [2.45, 2.75) is 31.2 Å². The van der Waals surface area contributed by atoms with Crippen LogP contribution in [-0.4, -0.2) is 50.7 Å². The van der Waals surface area contributed by atoms with Gasteiger partial charge in [-0.15, -0.1) is 0 Å². The lowest BCUT2D eigenvalue weighted by atomic mass is 9.77. The van der Waals surface area contributed by atoms with E-state index in [1.54, 1.807) is 7.11 Å². The first-order valence-electron chi connectivity index (χ1n) is 5.75. The molecule has 0 heterocycles. The summed E-state index contributed by atoms with van der Waals surface area (Å²) in [4.78, 5) is 0. The van der Waals surface area contributed by atoms with E-state index in [4.69, 9.17) is 9.47 Å². The van der Waals surface area contributed by atoms with Crippen molar-refractivity contribution in [2.24, 2.45) is 0 Å². The largest absolute Gasteiger partial charge is 0.394 e. The number of rotatable bonds is 9. The molecule has 90 valence electrons. The van der Waals surface area contributed by atoms with Gasteiger partial charge in [-0.1, -0.05) is 0 Å². The highest BCUT2D eigenvalue weighted by atomic mass is 16.5. The first-order valence-corrected chi connectivity index (χ1v) is 5.75. The highest BCUT2D eigenvalue weighted by molar-refractivity contribution is 4.95. The topological polar surface area (TPSA) is 50.7 Å². The van der Waals surface area contributed by atoms with Gasteiger partial charge in [0.1, 0.15) is 0 Å². The Kier molecular flexibility index (Phi) is 6.17. The van der Waals surface area contributed by atoms with E-state index in [0.717, 1.165) is 32.4 Å². The van der Waals surface area contributed by atoms with Crippen LogP contribution in [0.5, 0.6) is 0 Å². The molecule has 0 aromatic rings. The molecule has 4 heteroatoms. The van der Waals surface area contributed by atoms with Gasteiger partial charge in [0.15, 0.2) is 0 Å². The molecule has 1 aliphatic carbocycles. The number of hydrogen-bond acceptors (Lipinski definition) is 4. The molecule has 0 spiro atoms. The fourth-order valence-corrected chi connectivity index (χ4v) is 1.77. The van der Waals surface area contributed by atoms with Gasteiger partial charge in [0.2, 0.25) is 0 Å². The quantitative estimate of drug-likeness (QED) is 0.554. The molecule has 0 radical (unpaired) electrons. The Hall–Kier alpha value is -0.160. The summed E-state index contributed by atoms with van der Waals surface area (Å²) in [6.07, 6.45) is 4.44. The smallest absolute Gasteiger partial charge is 0.0700 e. The van der Waals surface area contributed by atoms with Gasteiger partial charge in [0.05, 0.1) is 19.8 Å². The second-order valence-electron chi connectivity index (χ2n) is 4.18. The summed E-state index contributed by atoms with van der Waals surface area (Å²) in [5, 5.41) is 12.6. The standard InChI is InChI=1S/C11H23NO3/c1-14-8-9-15-7-3-6-12-11(10-13)4-2-5-11/h12-13H,2-10H2,1H3. The Morgan fingerprint density at radius 3 is 2.60 bits per heavy atom. The van der Waals surface area contributed by atoms with Crippen LogP contribution in [-0.2, 0) is 9.47 Å². The minimum absolute atomic E-state index is 0.0343.